The predicted octanol–water partition coefficient (Wildman–Crippen LogP) is 3.72. The molecule has 21 heavy (non-hydrogen) atoms. The van der Waals surface area contributed by atoms with Gasteiger partial charge in [-0.1, -0.05) is 30.3 Å². The Morgan fingerprint density at radius 1 is 0.952 bits per heavy atom. The summed E-state index contributed by atoms with van der Waals surface area (Å²) >= 11 is 0. The number of aromatic amines is 1. The second kappa shape index (κ2) is 5.92. The van der Waals surface area contributed by atoms with Crippen molar-refractivity contribution in [3.8, 4) is 11.3 Å². The molecule has 5 heteroatoms. The number of nitrogens with zero attached hydrogens (tertiary/aromatic N) is 1. The number of aromatic nitrogens is 2. The maximum atomic E-state index is 11.9. The third-order valence-electron chi connectivity index (χ3n) is 2.96. The molecule has 0 aliphatic heterocycles. The summed E-state index contributed by atoms with van der Waals surface area (Å²) in [4.78, 5) is 19.0. The smallest absolute Gasteiger partial charge is 0.323 e. The van der Waals surface area contributed by atoms with Crippen molar-refractivity contribution < 1.29 is 4.79 Å². The summed E-state index contributed by atoms with van der Waals surface area (Å²) in [6.45, 7) is 0. The molecule has 0 saturated heterocycles. The maximum absolute atomic E-state index is 11.9. The van der Waals surface area contributed by atoms with E-state index >= 15 is 0 Å². The minimum absolute atomic E-state index is 0.275. The van der Waals surface area contributed by atoms with Crippen LogP contribution in [0.3, 0.4) is 0 Å². The molecule has 0 bridgehead atoms. The molecule has 1 aromatic heterocycles. The fraction of sp³-hybridized carbons (Fsp3) is 0. The molecule has 0 saturated carbocycles. The lowest BCUT2D eigenvalue weighted by Gasteiger charge is -2.08. The van der Waals surface area contributed by atoms with E-state index in [2.05, 4.69) is 20.6 Å². The van der Waals surface area contributed by atoms with E-state index in [1.165, 1.54) is 0 Å². The molecule has 3 N–H and O–H groups in total. The van der Waals surface area contributed by atoms with E-state index in [1.807, 2.05) is 54.6 Å². The molecular weight excluding hydrogens is 264 g/mol. The standard InChI is InChI=1S/C16H14N4O/c21-16(19-13-6-2-1-3-7-13)20-14-8-4-5-12(9-14)15-10-17-11-18-15/h1-11H,(H,17,18)(H2,19,20,21). The second-order valence-corrected chi connectivity index (χ2v) is 4.49. The Labute approximate surface area is 122 Å². The molecule has 2 aromatic carbocycles. The molecule has 0 atom stereocenters. The zero-order chi connectivity index (χ0) is 14.5. The average Bonchev–Trinajstić information content (AvgIpc) is 3.02. The number of amides is 2. The number of rotatable bonds is 3. The summed E-state index contributed by atoms with van der Waals surface area (Å²) in [6, 6.07) is 16.6. The van der Waals surface area contributed by atoms with Crippen molar-refractivity contribution in [3.05, 3.63) is 67.1 Å². The topological polar surface area (TPSA) is 69.8 Å². The second-order valence-electron chi connectivity index (χ2n) is 4.49. The van der Waals surface area contributed by atoms with Crippen LogP contribution in [0.4, 0.5) is 16.2 Å². The first kappa shape index (κ1) is 12.9. The molecule has 3 aromatic rings. The number of carbonyl (C=O) groups is 1. The number of H-pyrrole nitrogens is 1. The van der Waals surface area contributed by atoms with Crippen molar-refractivity contribution in [1.82, 2.24) is 9.97 Å². The van der Waals surface area contributed by atoms with Crippen LogP contribution in [0.5, 0.6) is 0 Å². The first-order valence-electron chi connectivity index (χ1n) is 6.53. The van der Waals surface area contributed by atoms with Gasteiger partial charge in [0.1, 0.15) is 0 Å². The number of benzene rings is 2. The van der Waals surface area contributed by atoms with Gasteiger partial charge < -0.3 is 15.6 Å². The number of anilines is 2. The summed E-state index contributed by atoms with van der Waals surface area (Å²) in [7, 11) is 0. The van der Waals surface area contributed by atoms with E-state index in [9.17, 15) is 4.79 Å². The van der Waals surface area contributed by atoms with Gasteiger partial charge in [0.15, 0.2) is 0 Å². The van der Waals surface area contributed by atoms with Gasteiger partial charge in [-0.25, -0.2) is 9.78 Å². The van der Waals surface area contributed by atoms with Crippen LogP contribution in [0, 0.1) is 0 Å². The Balaban J connectivity index is 1.70. The lowest BCUT2D eigenvalue weighted by atomic mass is 10.1. The molecule has 104 valence electrons. The van der Waals surface area contributed by atoms with Crippen LogP contribution in [0.25, 0.3) is 11.3 Å². The van der Waals surface area contributed by atoms with Gasteiger partial charge in [-0.05, 0) is 24.3 Å². The third-order valence-corrected chi connectivity index (χ3v) is 2.96. The molecular formula is C16H14N4O. The fourth-order valence-corrected chi connectivity index (χ4v) is 1.99. The first-order valence-corrected chi connectivity index (χ1v) is 6.53. The molecule has 2 amide bonds. The molecule has 5 nitrogen and oxygen atoms in total. The Hall–Kier alpha value is -3.08. The van der Waals surface area contributed by atoms with Gasteiger partial charge in [0, 0.05) is 16.9 Å². The Kier molecular flexibility index (Phi) is 3.64. The number of hydrogen-bond donors (Lipinski definition) is 3. The molecule has 3 rings (SSSR count). The van der Waals surface area contributed by atoms with E-state index < -0.39 is 0 Å². The fourth-order valence-electron chi connectivity index (χ4n) is 1.99. The van der Waals surface area contributed by atoms with Gasteiger partial charge in [0.25, 0.3) is 0 Å². The predicted molar refractivity (Wildman–Crippen MR) is 83.1 cm³/mol. The zero-order valence-electron chi connectivity index (χ0n) is 11.2. The number of imidazole rings is 1. The summed E-state index contributed by atoms with van der Waals surface area (Å²) in [5.74, 6) is 0. The van der Waals surface area contributed by atoms with E-state index in [0.29, 0.717) is 0 Å². The Morgan fingerprint density at radius 2 is 1.71 bits per heavy atom. The summed E-state index contributed by atoms with van der Waals surface area (Å²) in [5, 5.41) is 5.58. The van der Waals surface area contributed by atoms with Gasteiger partial charge in [0.05, 0.1) is 18.2 Å². The molecule has 1 heterocycles. The molecule has 0 unspecified atom stereocenters. The SMILES string of the molecule is O=C(Nc1ccccc1)Nc1cccc(-c2cnc[nH]2)c1. The van der Waals surface area contributed by atoms with E-state index in [4.69, 9.17) is 0 Å². The van der Waals surface area contributed by atoms with Crippen LogP contribution in [0.2, 0.25) is 0 Å². The minimum atomic E-state index is -0.275. The van der Waals surface area contributed by atoms with Crippen molar-refractivity contribution in [1.29, 1.82) is 0 Å². The third kappa shape index (κ3) is 3.27. The van der Waals surface area contributed by atoms with Gasteiger partial charge >= 0.3 is 6.03 Å². The van der Waals surface area contributed by atoms with Crippen molar-refractivity contribution in [2.24, 2.45) is 0 Å². The van der Waals surface area contributed by atoms with Crippen molar-refractivity contribution in [3.63, 3.8) is 0 Å². The van der Waals surface area contributed by atoms with Crippen LogP contribution in [-0.4, -0.2) is 16.0 Å². The number of para-hydroxylation sites is 1. The molecule has 0 aliphatic rings. The normalized spacial score (nSPS) is 10.1. The van der Waals surface area contributed by atoms with Crippen molar-refractivity contribution in [2.75, 3.05) is 10.6 Å². The van der Waals surface area contributed by atoms with E-state index in [-0.39, 0.29) is 6.03 Å². The van der Waals surface area contributed by atoms with Gasteiger partial charge in [-0.15, -0.1) is 0 Å². The van der Waals surface area contributed by atoms with Crippen LogP contribution in [-0.2, 0) is 0 Å². The molecule has 0 radical (unpaired) electrons. The lowest BCUT2D eigenvalue weighted by molar-refractivity contribution is 0.262. The van der Waals surface area contributed by atoms with Crippen molar-refractivity contribution in [2.45, 2.75) is 0 Å². The van der Waals surface area contributed by atoms with E-state index in [0.717, 1.165) is 22.6 Å². The number of hydrogen-bond acceptors (Lipinski definition) is 2. The first-order chi connectivity index (χ1) is 10.3. The molecule has 0 fully saturated rings. The van der Waals surface area contributed by atoms with E-state index in [1.54, 1.807) is 12.5 Å². The summed E-state index contributed by atoms with van der Waals surface area (Å²) in [5.41, 5.74) is 3.34. The van der Waals surface area contributed by atoms with Gasteiger partial charge in [-0.2, -0.15) is 0 Å². The largest absolute Gasteiger partial charge is 0.345 e. The highest BCUT2D eigenvalue weighted by molar-refractivity contribution is 6.00. The van der Waals surface area contributed by atoms with Crippen molar-refractivity contribution >= 4 is 17.4 Å². The number of nitrogens with one attached hydrogen (secondary N) is 3. The van der Waals surface area contributed by atoms with Gasteiger partial charge in [-0.3, -0.25) is 0 Å². The average molecular weight is 278 g/mol. The zero-order valence-corrected chi connectivity index (χ0v) is 11.2. The van der Waals surface area contributed by atoms with Crippen LogP contribution in [0.15, 0.2) is 67.1 Å². The Bertz CT molecular complexity index is 723. The highest BCUT2D eigenvalue weighted by atomic mass is 16.2. The molecule has 0 aliphatic carbocycles. The van der Waals surface area contributed by atoms with Gasteiger partial charge in [0.2, 0.25) is 0 Å². The summed E-state index contributed by atoms with van der Waals surface area (Å²) in [6.07, 6.45) is 3.36. The van der Waals surface area contributed by atoms with Crippen LogP contribution >= 0.6 is 0 Å². The number of urea groups is 1. The highest BCUT2D eigenvalue weighted by Crippen LogP contribution is 2.20. The maximum Gasteiger partial charge on any atom is 0.323 e. The lowest BCUT2D eigenvalue weighted by Crippen LogP contribution is -2.19. The highest BCUT2D eigenvalue weighted by Gasteiger charge is 2.04. The Morgan fingerprint density at radius 3 is 2.48 bits per heavy atom. The summed E-state index contributed by atoms with van der Waals surface area (Å²) < 4.78 is 0. The minimum Gasteiger partial charge on any atom is -0.345 e. The molecule has 0 spiro atoms. The van der Waals surface area contributed by atoms with Crippen LogP contribution in [0.1, 0.15) is 0 Å². The van der Waals surface area contributed by atoms with Crippen LogP contribution < -0.4 is 10.6 Å². The quantitative estimate of drug-likeness (QED) is 0.683. The monoisotopic (exact) mass is 278 g/mol. The number of carbonyl (C=O) groups excluding carboxylic acids is 1.